The summed E-state index contributed by atoms with van der Waals surface area (Å²) in [5.74, 6) is 0.148. The minimum Gasteiger partial charge on any atom is -0.341 e. The molecule has 3 rings (SSSR count). The Labute approximate surface area is 177 Å². The second-order valence-electron chi connectivity index (χ2n) is 7.81. The molecule has 0 bridgehead atoms. The van der Waals surface area contributed by atoms with Crippen LogP contribution in [0.2, 0.25) is 0 Å². The predicted octanol–water partition coefficient (Wildman–Crippen LogP) is 2.94. The molecule has 0 N–H and O–H groups in total. The van der Waals surface area contributed by atoms with Gasteiger partial charge in [-0.1, -0.05) is 41.3 Å². The number of amides is 1. The van der Waals surface area contributed by atoms with E-state index in [0.29, 0.717) is 37.1 Å². The van der Waals surface area contributed by atoms with E-state index in [1.54, 1.807) is 18.2 Å². The van der Waals surface area contributed by atoms with E-state index in [1.807, 2.05) is 24.9 Å². The molecule has 1 heterocycles. The summed E-state index contributed by atoms with van der Waals surface area (Å²) in [6.45, 7) is 3.89. The highest BCUT2D eigenvalue weighted by molar-refractivity contribution is 9.10. The Bertz CT molecular complexity index is 788. The second-order valence-corrected chi connectivity index (χ2v) is 10.7. The fourth-order valence-corrected chi connectivity index (χ4v) is 6.23. The van der Waals surface area contributed by atoms with Gasteiger partial charge in [0.15, 0.2) is 0 Å². The maximum atomic E-state index is 12.9. The Morgan fingerprint density at radius 2 is 1.79 bits per heavy atom. The van der Waals surface area contributed by atoms with Gasteiger partial charge in [-0.2, -0.15) is 4.31 Å². The monoisotopic (exact) mass is 471 g/mol. The van der Waals surface area contributed by atoms with Crippen molar-refractivity contribution in [1.82, 2.24) is 14.1 Å². The lowest BCUT2D eigenvalue weighted by Crippen LogP contribution is -2.56. The predicted molar refractivity (Wildman–Crippen MR) is 114 cm³/mol. The molecule has 1 aliphatic carbocycles. The average Bonchev–Trinajstić information content (AvgIpc) is 2.73. The van der Waals surface area contributed by atoms with Crippen molar-refractivity contribution in [2.45, 2.75) is 56.0 Å². The van der Waals surface area contributed by atoms with Gasteiger partial charge in [0, 0.05) is 43.7 Å². The first-order valence-corrected chi connectivity index (χ1v) is 12.3. The fraction of sp³-hybridized carbons (Fsp3) is 0.650. The molecule has 0 radical (unpaired) electrons. The van der Waals surface area contributed by atoms with Crippen LogP contribution in [0.1, 0.15) is 39.0 Å². The number of carbonyl (C=O) groups excluding carboxylic acids is 1. The normalized spacial score (nSPS) is 21.4. The zero-order chi connectivity index (χ0) is 20.3. The van der Waals surface area contributed by atoms with Crippen LogP contribution in [-0.2, 0) is 14.8 Å². The summed E-state index contributed by atoms with van der Waals surface area (Å²) in [6, 6.07) is 6.93. The number of benzene rings is 1. The Hall–Kier alpha value is -0.960. The van der Waals surface area contributed by atoms with E-state index in [1.165, 1.54) is 23.6 Å². The molecule has 1 atom stereocenters. The number of nitrogens with zero attached hydrogens (tertiary/aromatic N) is 3. The minimum absolute atomic E-state index is 0.148. The van der Waals surface area contributed by atoms with Gasteiger partial charge < -0.3 is 4.90 Å². The highest BCUT2D eigenvalue weighted by atomic mass is 79.9. The summed E-state index contributed by atoms with van der Waals surface area (Å²) >= 11 is 3.34. The largest absolute Gasteiger partial charge is 0.341 e. The van der Waals surface area contributed by atoms with Gasteiger partial charge in [-0.25, -0.2) is 8.42 Å². The first kappa shape index (κ1) is 21.7. The van der Waals surface area contributed by atoms with Gasteiger partial charge in [0.25, 0.3) is 0 Å². The molecule has 1 amide bonds. The van der Waals surface area contributed by atoms with Crippen molar-refractivity contribution in [2.75, 3.05) is 33.2 Å². The molecule has 2 aliphatic rings. The molecule has 28 heavy (non-hydrogen) atoms. The molecule has 1 aromatic rings. The smallest absolute Gasteiger partial charge is 0.243 e. The molecule has 1 aromatic carbocycles. The first-order valence-electron chi connectivity index (χ1n) is 10.1. The van der Waals surface area contributed by atoms with Crippen LogP contribution in [0.3, 0.4) is 0 Å². The van der Waals surface area contributed by atoms with E-state index < -0.39 is 10.0 Å². The number of rotatable bonds is 5. The lowest BCUT2D eigenvalue weighted by molar-refractivity contribution is -0.138. The second kappa shape index (κ2) is 9.24. The number of hydrogen-bond donors (Lipinski definition) is 0. The minimum atomic E-state index is -3.51. The van der Waals surface area contributed by atoms with Crippen LogP contribution >= 0.6 is 15.9 Å². The van der Waals surface area contributed by atoms with Gasteiger partial charge in [-0.15, -0.1) is 0 Å². The number of carbonyl (C=O) groups is 1. The van der Waals surface area contributed by atoms with Gasteiger partial charge >= 0.3 is 0 Å². The van der Waals surface area contributed by atoms with Gasteiger partial charge in [-0.05, 0) is 38.0 Å². The molecule has 2 fully saturated rings. The van der Waals surface area contributed by atoms with E-state index in [9.17, 15) is 13.2 Å². The summed E-state index contributed by atoms with van der Waals surface area (Å²) in [6.07, 6.45) is 5.84. The van der Waals surface area contributed by atoms with Crippen molar-refractivity contribution in [2.24, 2.45) is 0 Å². The van der Waals surface area contributed by atoms with Crippen molar-refractivity contribution in [3.63, 3.8) is 0 Å². The van der Waals surface area contributed by atoms with Gasteiger partial charge in [0.05, 0.1) is 10.9 Å². The van der Waals surface area contributed by atoms with E-state index in [4.69, 9.17) is 0 Å². The van der Waals surface area contributed by atoms with E-state index in [-0.39, 0.29) is 11.9 Å². The molecule has 8 heteroatoms. The first-order chi connectivity index (χ1) is 13.3. The maximum Gasteiger partial charge on any atom is 0.243 e. The zero-order valence-corrected chi connectivity index (χ0v) is 19.1. The number of sulfonamides is 1. The SMILES string of the molecule is C[C@@H](C(=O)N(C)C1CCCCC1)N1CCN(S(=O)(=O)c2cccc(Br)c2)CC1. The van der Waals surface area contributed by atoms with Crippen LogP contribution in [0.5, 0.6) is 0 Å². The van der Waals surface area contributed by atoms with Crippen LogP contribution in [-0.4, -0.2) is 73.7 Å². The quantitative estimate of drug-likeness (QED) is 0.662. The van der Waals surface area contributed by atoms with Gasteiger partial charge in [0.1, 0.15) is 0 Å². The fourth-order valence-electron chi connectivity index (χ4n) is 4.21. The average molecular weight is 472 g/mol. The van der Waals surface area contributed by atoms with Gasteiger partial charge in [0.2, 0.25) is 15.9 Å². The van der Waals surface area contributed by atoms with Crippen LogP contribution in [0.15, 0.2) is 33.6 Å². The molecule has 0 unspecified atom stereocenters. The number of likely N-dealkylation sites (N-methyl/N-ethyl adjacent to an activating group) is 1. The third kappa shape index (κ3) is 4.78. The number of halogens is 1. The van der Waals surface area contributed by atoms with Crippen molar-refractivity contribution in [3.05, 3.63) is 28.7 Å². The lowest BCUT2D eigenvalue weighted by atomic mass is 9.94. The van der Waals surface area contributed by atoms with Gasteiger partial charge in [-0.3, -0.25) is 9.69 Å². The summed E-state index contributed by atoms with van der Waals surface area (Å²) in [5, 5.41) is 0. The highest BCUT2D eigenvalue weighted by Crippen LogP contribution is 2.24. The van der Waals surface area contributed by atoms with E-state index in [0.717, 1.165) is 17.3 Å². The van der Waals surface area contributed by atoms with Crippen LogP contribution in [0.25, 0.3) is 0 Å². The Kier molecular flexibility index (Phi) is 7.17. The highest BCUT2D eigenvalue weighted by Gasteiger charge is 2.34. The van der Waals surface area contributed by atoms with Crippen molar-refractivity contribution < 1.29 is 13.2 Å². The molecule has 0 spiro atoms. The molecular formula is C20H30BrN3O3S. The number of hydrogen-bond acceptors (Lipinski definition) is 4. The Morgan fingerprint density at radius 1 is 1.14 bits per heavy atom. The molecular weight excluding hydrogens is 442 g/mol. The summed E-state index contributed by atoms with van der Waals surface area (Å²) in [4.78, 5) is 17.3. The third-order valence-electron chi connectivity index (χ3n) is 6.08. The van der Waals surface area contributed by atoms with E-state index >= 15 is 0 Å². The Morgan fingerprint density at radius 3 is 2.39 bits per heavy atom. The maximum absolute atomic E-state index is 12.9. The summed E-state index contributed by atoms with van der Waals surface area (Å²) in [7, 11) is -1.59. The molecule has 156 valence electrons. The van der Waals surface area contributed by atoms with Crippen LogP contribution in [0, 0.1) is 0 Å². The molecule has 1 saturated carbocycles. The standard InChI is InChI=1S/C20H30BrN3O3S/c1-16(20(25)22(2)18-8-4-3-5-9-18)23-11-13-24(14-12-23)28(26,27)19-10-6-7-17(21)15-19/h6-7,10,15-16,18H,3-5,8-9,11-14H2,1-2H3/t16-/m0/s1. The zero-order valence-electron chi connectivity index (χ0n) is 16.7. The van der Waals surface area contributed by atoms with Crippen LogP contribution in [0.4, 0.5) is 0 Å². The van der Waals surface area contributed by atoms with E-state index in [2.05, 4.69) is 20.8 Å². The molecule has 1 saturated heterocycles. The third-order valence-corrected chi connectivity index (χ3v) is 8.47. The number of piperazine rings is 1. The van der Waals surface area contributed by atoms with Crippen LogP contribution < -0.4 is 0 Å². The molecule has 0 aromatic heterocycles. The van der Waals surface area contributed by atoms with Crippen molar-refractivity contribution in [1.29, 1.82) is 0 Å². The van der Waals surface area contributed by atoms with Crippen molar-refractivity contribution in [3.8, 4) is 0 Å². The lowest BCUT2D eigenvalue weighted by Gasteiger charge is -2.39. The Balaban J connectivity index is 1.59. The molecule has 1 aliphatic heterocycles. The van der Waals surface area contributed by atoms with Crippen molar-refractivity contribution >= 4 is 31.9 Å². The summed E-state index contributed by atoms with van der Waals surface area (Å²) in [5.41, 5.74) is 0. The summed E-state index contributed by atoms with van der Waals surface area (Å²) < 4.78 is 28.0. The topological polar surface area (TPSA) is 60.9 Å². The molecule has 6 nitrogen and oxygen atoms in total.